The molecule has 2 rings (SSSR count). The summed E-state index contributed by atoms with van der Waals surface area (Å²) in [7, 11) is 0. The fraction of sp³-hybridized carbons (Fsp3) is 0.750. The summed E-state index contributed by atoms with van der Waals surface area (Å²) in [5.74, 6) is 1.24. The van der Waals surface area contributed by atoms with Crippen molar-refractivity contribution in [3.8, 4) is 0 Å². The molecule has 2 saturated heterocycles. The quantitative estimate of drug-likeness (QED) is 0.634. The maximum atomic E-state index is 11.8. The Bertz CT molecular complexity index is 238. The van der Waals surface area contributed by atoms with Crippen molar-refractivity contribution >= 4 is 34.6 Å². The number of Topliss-reactive ketones (excluding diaryl/α,β-unsaturated/α-hetero) is 1. The number of rotatable bonds is 2. The predicted molar refractivity (Wildman–Crippen MR) is 58.3 cm³/mol. The van der Waals surface area contributed by atoms with Crippen LogP contribution in [0.3, 0.4) is 0 Å². The maximum absolute atomic E-state index is 11.8. The van der Waals surface area contributed by atoms with Crippen LogP contribution in [0.1, 0.15) is 6.42 Å². The second kappa shape index (κ2) is 4.04. The normalized spacial score (nSPS) is 34.0. The number of thiocarbonyl (C=S) groups is 1. The third-order valence-corrected chi connectivity index (χ3v) is 3.91. The van der Waals surface area contributed by atoms with Crippen LogP contribution in [0.2, 0.25) is 0 Å². The summed E-state index contributed by atoms with van der Waals surface area (Å²) in [5, 5.41) is 6.27. The molecule has 2 aliphatic rings. The number of ketones is 1. The van der Waals surface area contributed by atoms with Gasteiger partial charge in [-0.1, -0.05) is 12.2 Å². The van der Waals surface area contributed by atoms with Crippen LogP contribution in [0.15, 0.2) is 0 Å². The van der Waals surface area contributed by atoms with E-state index in [1.54, 1.807) is 11.8 Å². The van der Waals surface area contributed by atoms with Crippen molar-refractivity contribution < 1.29 is 4.79 Å². The van der Waals surface area contributed by atoms with Crippen LogP contribution in [0.5, 0.6) is 0 Å². The van der Waals surface area contributed by atoms with E-state index in [0.29, 0.717) is 0 Å². The van der Waals surface area contributed by atoms with Crippen LogP contribution in [-0.4, -0.2) is 40.9 Å². The van der Waals surface area contributed by atoms with E-state index in [1.165, 1.54) is 0 Å². The second-order valence-electron chi connectivity index (χ2n) is 3.21. The van der Waals surface area contributed by atoms with Gasteiger partial charge in [0.25, 0.3) is 0 Å². The van der Waals surface area contributed by atoms with Gasteiger partial charge < -0.3 is 5.32 Å². The van der Waals surface area contributed by atoms with Crippen LogP contribution in [0, 0.1) is 0 Å². The topological polar surface area (TPSA) is 41.1 Å². The number of hydrogen-bond acceptors (Lipinski definition) is 5. The van der Waals surface area contributed by atoms with Crippen LogP contribution in [-0.2, 0) is 4.79 Å². The molecule has 2 fully saturated rings. The standard InChI is InChI=1S/C8H12N2OS2/c11-7(8-10-3-4-13-8)6-5(12)1-2-9-6/h6,8-10H,1-4H2. The van der Waals surface area contributed by atoms with Gasteiger partial charge in [0.15, 0.2) is 5.78 Å². The number of hydrogen-bond donors (Lipinski definition) is 2. The molecule has 0 aliphatic carbocycles. The molecule has 2 aliphatic heterocycles. The van der Waals surface area contributed by atoms with E-state index >= 15 is 0 Å². The van der Waals surface area contributed by atoms with Gasteiger partial charge in [-0.25, -0.2) is 0 Å². The zero-order valence-corrected chi connectivity index (χ0v) is 8.84. The molecular weight excluding hydrogens is 204 g/mol. The highest BCUT2D eigenvalue weighted by atomic mass is 32.2. The molecule has 72 valence electrons. The lowest BCUT2D eigenvalue weighted by Crippen LogP contribution is -2.44. The highest BCUT2D eigenvalue weighted by Crippen LogP contribution is 2.18. The summed E-state index contributed by atoms with van der Waals surface area (Å²) in [6, 6.07) is -0.168. The van der Waals surface area contributed by atoms with Crippen LogP contribution < -0.4 is 10.6 Å². The van der Waals surface area contributed by atoms with Gasteiger partial charge in [-0.15, -0.1) is 11.8 Å². The fourth-order valence-corrected chi connectivity index (χ4v) is 2.93. The molecule has 0 saturated carbocycles. The lowest BCUT2D eigenvalue weighted by Gasteiger charge is -2.14. The molecule has 5 heteroatoms. The molecule has 0 radical (unpaired) electrons. The van der Waals surface area contributed by atoms with Gasteiger partial charge in [0.2, 0.25) is 0 Å². The Morgan fingerprint density at radius 2 is 2.31 bits per heavy atom. The van der Waals surface area contributed by atoms with Crippen molar-refractivity contribution in [1.29, 1.82) is 0 Å². The summed E-state index contributed by atoms with van der Waals surface area (Å²) in [6.45, 7) is 1.78. The Labute approximate surface area is 87.0 Å². The Morgan fingerprint density at radius 3 is 2.85 bits per heavy atom. The van der Waals surface area contributed by atoms with E-state index in [2.05, 4.69) is 10.6 Å². The average molecular weight is 216 g/mol. The van der Waals surface area contributed by atoms with Crippen molar-refractivity contribution in [1.82, 2.24) is 10.6 Å². The summed E-state index contributed by atoms with van der Waals surface area (Å²) in [5.41, 5.74) is 0. The summed E-state index contributed by atoms with van der Waals surface area (Å²) >= 11 is 6.81. The molecule has 2 atom stereocenters. The Balaban J connectivity index is 1.99. The minimum atomic E-state index is -0.168. The van der Waals surface area contributed by atoms with Gasteiger partial charge in [0.05, 0.1) is 0 Å². The summed E-state index contributed by atoms with van der Waals surface area (Å²) in [6.07, 6.45) is 0.864. The van der Waals surface area contributed by atoms with Gasteiger partial charge >= 0.3 is 0 Å². The van der Waals surface area contributed by atoms with E-state index in [4.69, 9.17) is 12.2 Å². The molecule has 2 unspecified atom stereocenters. The fourth-order valence-electron chi connectivity index (χ4n) is 1.62. The van der Waals surface area contributed by atoms with Gasteiger partial charge in [-0.3, -0.25) is 10.1 Å². The molecule has 0 spiro atoms. The minimum absolute atomic E-state index is 0.0338. The highest BCUT2D eigenvalue weighted by molar-refractivity contribution is 8.00. The third-order valence-electron chi connectivity index (χ3n) is 2.30. The zero-order valence-electron chi connectivity index (χ0n) is 7.21. The molecule has 2 N–H and O–H groups in total. The van der Waals surface area contributed by atoms with Gasteiger partial charge in [-0.05, 0) is 6.42 Å². The van der Waals surface area contributed by atoms with Crippen molar-refractivity contribution in [3.63, 3.8) is 0 Å². The first kappa shape index (κ1) is 9.58. The van der Waals surface area contributed by atoms with E-state index in [0.717, 1.165) is 30.1 Å². The summed E-state index contributed by atoms with van der Waals surface area (Å²) < 4.78 is 0. The third kappa shape index (κ3) is 1.93. The molecule has 0 bridgehead atoms. The lowest BCUT2D eigenvalue weighted by atomic mass is 10.1. The maximum Gasteiger partial charge on any atom is 0.181 e. The Morgan fingerprint density at radius 1 is 1.46 bits per heavy atom. The predicted octanol–water partition coefficient (Wildman–Crippen LogP) is -0.0502. The molecule has 0 aromatic carbocycles. The molecule has 2 heterocycles. The number of carbonyl (C=O) groups is 1. The molecule has 3 nitrogen and oxygen atoms in total. The SMILES string of the molecule is O=C(C1NCCS1)C1NCCC1=S. The van der Waals surface area contributed by atoms with E-state index < -0.39 is 0 Å². The van der Waals surface area contributed by atoms with E-state index in [-0.39, 0.29) is 17.2 Å². The van der Waals surface area contributed by atoms with E-state index in [1.807, 2.05) is 0 Å². The largest absolute Gasteiger partial charge is 0.303 e. The number of carbonyl (C=O) groups excluding carboxylic acids is 1. The summed E-state index contributed by atoms with van der Waals surface area (Å²) in [4.78, 5) is 12.7. The van der Waals surface area contributed by atoms with E-state index in [9.17, 15) is 4.79 Å². The van der Waals surface area contributed by atoms with Crippen LogP contribution >= 0.6 is 24.0 Å². The van der Waals surface area contributed by atoms with Crippen molar-refractivity contribution in [2.75, 3.05) is 18.8 Å². The van der Waals surface area contributed by atoms with Crippen LogP contribution in [0.25, 0.3) is 0 Å². The smallest absolute Gasteiger partial charge is 0.181 e. The minimum Gasteiger partial charge on any atom is -0.303 e. The molecular formula is C8H12N2OS2. The zero-order chi connectivity index (χ0) is 9.26. The monoisotopic (exact) mass is 216 g/mol. The Hall–Kier alpha value is 0.0300. The highest BCUT2D eigenvalue weighted by Gasteiger charge is 2.34. The van der Waals surface area contributed by atoms with Crippen molar-refractivity contribution in [3.05, 3.63) is 0 Å². The van der Waals surface area contributed by atoms with Crippen LogP contribution in [0.4, 0.5) is 0 Å². The molecule has 0 amide bonds. The lowest BCUT2D eigenvalue weighted by molar-refractivity contribution is -0.119. The molecule has 13 heavy (non-hydrogen) atoms. The molecule has 0 aromatic rings. The first-order valence-electron chi connectivity index (χ1n) is 4.44. The molecule has 0 aromatic heterocycles. The number of thioether (sulfide) groups is 1. The first-order chi connectivity index (χ1) is 6.29. The van der Waals surface area contributed by atoms with Crippen molar-refractivity contribution in [2.24, 2.45) is 0 Å². The van der Waals surface area contributed by atoms with Gasteiger partial charge in [-0.2, -0.15) is 0 Å². The Kier molecular flexibility index (Phi) is 2.98. The number of nitrogens with one attached hydrogen (secondary N) is 2. The first-order valence-corrected chi connectivity index (χ1v) is 5.89. The van der Waals surface area contributed by atoms with Gasteiger partial charge in [0, 0.05) is 23.7 Å². The van der Waals surface area contributed by atoms with Crippen molar-refractivity contribution in [2.45, 2.75) is 17.8 Å². The average Bonchev–Trinajstić information content (AvgIpc) is 2.72. The second-order valence-corrected chi connectivity index (χ2v) is 4.95. The van der Waals surface area contributed by atoms with Gasteiger partial charge in [0.1, 0.15) is 11.4 Å².